The molecule has 7 unspecified atom stereocenters. The number of hydrogen-bond acceptors (Lipinski definition) is 7. The van der Waals surface area contributed by atoms with Crippen molar-refractivity contribution in [2.75, 3.05) is 33.7 Å². The summed E-state index contributed by atoms with van der Waals surface area (Å²) in [6.45, 7) is 11.8. The smallest absolute Gasteiger partial charge is 0.306 e. The van der Waals surface area contributed by atoms with Crippen molar-refractivity contribution in [1.82, 2.24) is 15.1 Å². The molecular weight excluding hydrogens is 504 g/mol. The first kappa shape index (κ1) is 31.3. The maximum absolute atomic E-state index is 12.5. The summed E-state index contributed by atoms with van der Waals surface area (Å²) in [5.41, 5.74) is 8.29. The lowest BCUT2D eigenvalue weighted by Gasteiger charge is -2.58. The van der Waals surface area contributed by atoms with Gasteiger partial charge in [-0.15, -0.1) is 0 Å². The number of nitrogens with two attached hydrogens (primary N) is 1. The maximum atomic E-state index is 12.5. The van der Waals surface area contributed by atoms with Gasteiger partial charge >= 0.3 is 5.97 Å². The Bertz CT molecular complexity index is 923. The molecule has 1 aliphatic carbocycles. The molecule has 0 aromatic rings. The minimum absolute atomic E-state index is 0.0664. The highest BCUT2D eigenvalue weighted by Gasteiger charge is 2.59. The van der Waals surface area contributed by atoms with Crippen molar-refractivity contribution in [2.24, 2.45) is 28.9 Å². The van der Waals surface area contributed by atoms with Gasteiger partial charge in [-0.25, -0.2) is 0 Å². The first-order valence-electron chi connectivity index (χ1n) is 15.9. The number of nitrogens with zero attached hydrogens (tertiary/aromatic N) is 2. The summed E-state index contributed by atoms with van der Waals surface area (Å²) >= 11 is 0. The number of rotatable bonds is 12. The number of amides is 1. The Balaban J connectivity index is 1.30. The largest absolute Gasteiger partial charge is 0.482 e. The Morgan fingerprint density at radius 3 is 2.67 bits per heavy atom. The Hall–Kier alpha value is -1.64. The van der Waals surface area contributed by atoms with Crippen LogP contribution in [0, 0.1) is 23.2 Å². The normalized spacial score (nSPS) is 34.4. The molecule has 7 atom stereocenters. The van der Waals surface area contributed by atoms with Crippen molar-refractivity contribution < 1.29 is 19.1 Å². The van der Waals surface area contributed by atoms with E-state index >= 15 is 0 Å². The molecule has 3 aliphatic heterocycles. The third-order valence-corrected chi connectivity index (χ3v) is 10.7. The minimum Gasteiger partial charge on any atom is -0.482 e. The standard InChI is InChI=1S/C32H56N4O4/c1-22(2)8-7-9-27(33)25-14-18-36-30-26(13-16-32(25,36)4)31(3)15-12-24(20-23(31)21-39-30)40-29(38)11-10-28(37)34-17-19-35(5)6/h21-22,24-27,30H,7-20,33H2,1-6H3,(H,34,37). The van der Waals surface area contributed by atoms with Crippen LogP contribution in [0.4, 0.5) is 0 Å². The van der Waals surface area contributed by atoms with E-state index in [1.165, 1.54) is 18.4 Å². The molecule has 3 heterocycles. The molecule has 3 N–H and O–H groups in total. The highest BCUT2D eigenvalue weighted by atomic mass is 16.5. The van der Waals surface area contributed by atoms with Gasteiger partial charge in [0.2, 0.25) is 5.91 Å². The lowest BCUT2D eigenvalue weighted by Crippen LogP contribution is -2.63. The third-order valence-electron chi connectivity index (χ3n) is 10.7. The third kappa shape index (κ3) is 6.87. The first-order chi connectivity index (χ1) is 18.9. The van der Waals surface area contributed by atoms with Gasteiger partial charge in [0, 0.05) is 50.0 Å². The van der Waals surface area contributed by atoms with E-state index in [9.17, 15) is 9.59 Å². The molecule has 228 valence electrons. The van der Waals surface area contributed by atoms with E-state index in [-0.39, 0.29) is 54.0 Å². The van der Waals surface area contributed by atoms with Crippen LogP contribution in [0.2, 0.25) is 0 Å². The predicted molar refractivity (Wildman–Crippen MR) is 158 cm³/mol. The van der Waals surface area contributed by atoms with Gasteiger partial charge in [0.05, 0.1) is 12.7 Å². The number of carbonyl (C=O) groups excluding carboxylic acids is 2. The van der Waals surface area contributed by atoms with E-state index in [2.05, 4.69) is 37.9 Å². The van der Waals surface area contributed by atoms with Crippen LogP contribution < -0.4 is 11.1 Å². The van der Waals surface area contributed by atoms with Gasteiger partial charge in [0.15, 0.2) is 6.23 Å². The molecule has 8 heteroatoms. The van der Waals surface area contributed by atoms with Gasteiger partial charge < -0.3 is 25.4 Å². The second kappa shape index (κ2) is 13.1. The highest BCUT2D eigenvalue weighted by Crippen LogP contribution is 2.58. The first-order valence-corrected chi connectivity index (χ1v) is 15.9. The van der Waals surface area contributed by atoms with E-state index in [0.717, 1.165) is 64.0 Å². The van der Waals surface area contributed by atoms with Crippen molar-refractivity contribution >= 4 is 11.9 Å². The molecule has 0 bridgehead atoms. The average molecular weight is 561 g/mol. The SMILES string of the molecule is CC(C)CCCC(N)C1CCN2C3OC=C4CC(OC(=O)CCC(=O)NCCN(C)C)CCC4(C)C3CCC12C. The quantitative estimate of drug-likeness (QED) is 0.341. The van der Waals surface area contributed by atoms with Crippen LogP contribution in [0.5, 0.6) is 0 Å². The summed E-state index contributed by atoms with van der Waals surface area (Å²) in [6.07, 6.45) is 11.9. The van der Waals surface area contributed by atoms with Gasteiger partial charge in [0.1, 0.15) is 6.10 Å². The number of hydrogen-bond donors (Lipinski definition) is 2. The molecule has 8 nitrogen and oxygen atoms in total. The Labute approximate surface area is 242 Å². The molecule has 0 radical (unpaired) electrons. The van der Waals surface area contributed by atoms with Crippen LogP contribution in [0.15, 0.2) is 11.8 Å². The fourth-order valence-corrected chi connectivity index (χ4v) is 8.08. The van der Waals surface area contributed by atoms with Crippen molar-refractivity contribution in [2.45, 2.75) is 122 Å². The molecule has 4 rings (SSSR count). The highest BCUT2D eigenvalue weighted by molar-refractivity contribution is 5.81. The van der Waals surface area contributed by atoms with E-state index in [1.807, 2.05) is 25.3 Å². The van der Waals surface area contributed by atoms with E-state index < -0.39 is 0 Å². The number of likely N-dealkylation sites (N-methyl/N-ethyl adjacent to an activating group) is 1. The summed E-state index contributed by atoms with van der Waals surface area (Å²) in [5.74, 6) is 1.31. The fourth-order valence-electron chi connectivity index (χ4n) is 8.08. The molecule has 0 spiro atoms. The Kier molecular flexibility index (Phi) is 10.3. The number of esters is 1. The summed E-state index contributed by atoms with van der Waals surface area (Å²) < 4.78 is 12.4. The molecular formula is C32H56N4O4. The maximum Gasteiger partial charge on any atom is 0.306 e. The van der Waals surface area contributed by atoms with Gasteiger partial charge in [0.25, 0.3) is 0 Å². The molecule has 1 amide bonds. The van der Waals surface area contributed by atoms with Crippen LogP contribution in [-0.2, 0) is 19.1 Å². The van der Waals surface area contributed by atoms with E-state index in [0.29, 0.717) is 18.4 Å². The van der Waals surface area contributed by atoms with Crippen LogP contribution in [0.3, 0.4) is 0 Å². The summed E-state index contributed by atoms with van der Waals surface area (Å²) in [4.78, 5) is 29.2. The number of ether oxygens (including phenoxy) is 2. The Morgan fingerprint density at radius 1 is 1.18 bits per heavy atom. The lowest BCUT2D eigenvalue weighted by atomic mass is 9.58. The van der Waals surface area contributed by atoms with Crippen LogP contribution in [-0.4, -0.2) is 79.3 Å². The zero-order chi connectivity index (χ0) is 29.1. The Morgan fingerprint density at radius 2 is 1.95 bits per heavy atom. The minimum atomic E-state index is -0.284. The van der Waals surface area contributed by atoms with E-state index in [4.69, 9.17) is 15.2 Å². The molecule has 2 saturated heterocycles. The van der Waals surface area contributed by atoms with Crippen LogP contribution >= 0.6 is 0 Å². The van der Waals surface area contributed by atoms with E-state index in [1.54, 1.807) is 0 Å². The summed E-state index contributed by atoms with van der Waals surface area (Å²) in [7, 11) is 3.93. The summed E-state index contributed by atoms with van der Waals surface area (Å²) in [6, 6.07) is 0.254. The van der Waals surface area contributed by atoms with Crippen molar-refractivity contribution in [3.8, 4) is 0 Å². The van der Waals surface area contributed by atoms with Gasteiger partial charge in [-0.1, -0.05) is 33.6 Å². The van der Waals surface area contributed by atoms with Gasteiger partial charge in [-0.3, -0.25) is 14.5 Å². The van der Waals surface area contributed by atoms with Crippen molar-refractivity contribution in [3.63, 3.8) is 0 Å². The summed E-state index contributed by atoms with van der Waals surface area (Å²) in [5, 5.41) is 2.86. The van der Waals surface area contributed by atoms with Crippen molar-refractivity contribution in [3.05, 3.63) is 11.8 Å². The topological polar surface area (TPSA) is 97.1 Å². The van der Waals surface area contributed by atoms with Crippen LogP contribution in [0.1, 0.15) is 98.3 Å². The zero-order valence-corrected chi connectivity index (χ0v) is 26.0. The molecule has 1 saturated carbocycles. The van der Waals surface area contributed by atoms with Gasteiger partial charge in [-0.2, -0.15) is 0 Å². The number of carbonyl (C=O) groups is 2. The zero-order valence-electron chi connectivity index (χ0n) is 26.0. The number of nitrogens with one attached hydrogen (secondary N) is 1. The van der Waals surface area contributed by atoms with Crippen LogP contribution in [0.25, 0.3) is 0 Å². The molecule has 0 aromatic heterocycles. The monoisotopic (exact) mass is 560 g/mol. The molecule has 0 aromatic carbocycles. The molecule has 3 fully saturated rings. The number of piperidine rings is 1. The van der Waals surface area contributed by atoms with Gasteiger partial charge in [-0.05, 0) is 82.4 Å². The van der Waals surface area contributed by atoms with Crippen molar-refractivity contribution in [1.29, 1.82) is 0 Å². The molecule has 40 heavy (non-hydrogen) atoms. The lowest BCUT2D eigenvalue weighted by molar-refractivity contribution is -0.173. The second-order valence-electron chi connectivity index (χ2n) is 14.2. The predicted octanol–water partition coefficient (Wildman–Crippen LogP) is 4.43. The number of fused-ring (bicyclic) bond motifs is 5. The molecule has 4 aliphatic rings. The second-order valence-corrected chi connectivity index (χ2v) is 14.2. The average Bonchev–Trinajstić information content (AvgIpc) is 3.24. The fraction of sp³-hybridized carbons (Fsp3) is 0.875.